The van der Waals surface area contributed by atoms with E-state index >= 15 is 0 Å². The molecular weight excluding hydrogens is 200 g/mol. The van der Waals surface area contributed by atoms with Gasteiger partial charge < -0.3 is 10.6 Å². The fraction of sp³-hybridized carbons (Fsp3) is 0.923. The monoisotopic (exact) mass is 224 g/mol. The lowest BCUT2D eigenvalue weighted by molar-refractivity contribution is -0.139. The standard InChI is InChI=1S/C13H24N2O/c1-10-6-7-15(12(8-10)9-14)13(16)11-4-2-3-5-11/h10-12H,2-9,14H2,1H3. The van der Waals surface area contributed by atoms with Gasteiger partial charge in [-0.1, -0.05) is 19.8 Å². The van der Waals surface area contributed by atoms with E-state index in [2.05, 4.69) is 11.8 Å². The Kier molecular flexibility index (Phi) is 3.85. The maximum atomic E-state index is 12.3. The topological polar surface area (TPSA) is 46.3 Å². The number of nitrogens with zero attached hydrogens (tertiary/aromatic N) is 1. The molecule has 2 aliphatic rings. The summed E-state index contributed by atoms with van der Waals surface area (Å²) in [5.41, 5.74) is 5.80. The molecule has 1 saturated carbocycles. The van der Waals surface area contributed by atoms with Crippen LogP contribution in [0.5, 0.6) is 0 Å². The second-order valence-electron chi connectivity index (χ2n) is 5.53. The summed E-state index contributed by atoms with van der Waals surface area (Å²) in [6.07, 6.45) is 6.90. The molecule has 2 N–H and O–H groups in total. The Balaban J connectivity index is 1.98. The van der Waals surface area contributed by atoms with Crippen LogP contribution in [0.1, 0.15) is 45.4 Å². The van der Waals surface area contributed by atoms with E-state index in [1.54, 1.807) is 0 Å². The van der Waals surface area contributed by atoms with Crippen LogP contribution < -0.4 is 5.73 Å². The molecule has 0 spiro atoms. The third-order valence-corrected chi connectivity index (χ3v) is 4.24. The Hall–Kier alpha value is -0.570. The first kappa shape index (κ1) is 11.9. The second kappa shape index (κ2) is 5.17. The van der Waals surface area contributed by atoms with Gasteiger partial charge in [-0.2, -0.15) is 0 Å². The maximum absolute atomic E-state index is 12.3. The maximum Gasteiger partial charge on any atom is 0.225 e. The highest BCUT2D eigenvalue weighted by atomic mass is 16.2. The van der Waals surface area contributed by atoms with Crippen LogP contribution in [0, 0.1) is 11.8 Å². The molecule has 0 aromatic heterocycles. The van der Waals surface area contributed by atoms with Crippen molar-refractivity contribution in [1.82, 2.24) is 4.90 Å². The molecule has 2 unspecified atom stereocenters. The minimum Gasteiger partial charge on any atom is -0.338 e. The quantitative estimate of drug-likeness (QED) is 0.777. The molecule has 2 atom stereocenters. The average molecular weight is 224 g/mol. The van der Waals surface area contributed by atoms with E-state index in [1.165, 1.54) is 12.8 Å². The lowest BCUT2D eigenvalue weighted by Gasteiger charge is -2.39. The zero-order valence-corrected chi connectivity index (χ0v) is 10.3. The van der Waals surface area contributed by atoms with E-state index in [4.69, 9.17) is 5.73 Å². The van der Waals surface area contributed by atoms with Crippen LogP contribution in [-0.4, -0.2) is 29.9 Å². The normalized spacial score (nSPS) is 32.0. The average Bonchev–Trinajstić information content (AvgIpc) is 2.81. The molecule has 1 aliphatic carbocycles. The van der Waals surface area contributed by atoms with Crippen molar-refractivity contribution >= 4 is 5.91 Å². The van der Waals surface area contributed by atoms with E-state index in [-0.39, 0.29) is 0 Å². The first-order valence-corrected chi connectivity index (χ1v) is 6.73. The number of amides is 1. The second-order valence-corrected chi connectivity index (χ2v) is 5.53. The Morgan fingerprint density at radius 1 is 1.31 bits per heavy atom. The fourth-order valence-corrected chi connectivity index (χ4v) is 3.17. The summed E-state index contributed by atoms with van der Waals surface area (Å²) < 4.78 is 0. The van der Waals surface area contributed by atoms with Gasteiger partial charge in [-0.05, 0) is 31.6 Å². The summed E-state index contributed by atoms with van der Waals surface area (Å²) in [4.78, 5) is 14.4. The molecule has 92 valence electrons. The molecule has 0 aromatic carbocycles. The lowest BCUT2D eigenvalue weighted by Crippen LogP contribution is -2.50. The number of carbonyl (C=O) groups excluding carboxylic acids is 1. The van der Waals surface area contributed by atoms with Crippen LogP contribution in [-0.2, 0) is 4.79 Å². The van der Waals surface area contributed by atoms with Crippen molar-refractivity contribution in [3.8, 4) is 0 Å². The van der Waals surface area contributed by atoms with Gasteiger partial charge in [-0.3, -0.25) is 4.79 Å². The molecule has 0 bridgehead atoms. The van der Waals surface area contributed by atoms with Crippen molar-refractivity contribution < 1.29 is 4.79 Å². The first-order chi connectivity index (χ1) is 7.72. The summed E-state index contributed by atoms with van der Waals surface area (Å²) >= 11 is 0. The predicted molar refractivity (Wildman–Crippen MR) is 64.9 cm³/mol. The highest BCUT2D eigenvalue weighted by molar-refractivity contribution is 5.79. The number of rotatable bonds is 2. The first-order valence-electron chi connectivity index (χ1n) is 6.73. The number of likely N-dealkylation sites (tertiary alicyclic amines) is 1. The highest BCUT2D eigenvalue weighted by Gasteiger charge is 2.33. The third kappa shape index (κ3) is 2.40. The predicted octanol–water partition coefficient (Wildman–Crippen LogP) is 1.76. The molecule has 1 heterocycles. The molecule has 3 heteroatoms. The van der Waals surface area contributed by atoms with Gasteiger partial charge in [0.25, 0.3) is 0 Å². The smallest absolute Gasteiger partial charge is 0.225 e. The molecule has 3 nitrogen and oxygen atoms in total. The zero-order valence-electron chi connectivity index (χ0n) is 10.3. The van der Waals surface area contributed by atoms with Crippen LogP contribution in [0.25, 0.3) is 0 Å². The van der Waals surface area contributed by atoms with Gasteiger partial charge in [-0.25, -0.2) is 0 Å². The molecule has 1 saturated heterocycles. The molecule has 1 aliphatic heterocycles. The number of carbonyl (C=O) groups is 1. The minimum atomic E-state index is 0.303. The van der Waals surface area contributed by atoms with E-state index in [0.717, 1.165) is 38.1 Å². The van der Waals surface area contributed by atoms with Gasteiger partial charge in [0.15, 0.2) is 0 Å². The fourth-order valence-electron chi connectivity index (χ4n) is 3.17. The van der Waals surface area contributed by atoms with Crippen LogP contribution in [0.4, 0.5) is 0 Å². The van der Waals surface area contributed by atoms with Crippen LogP contribution >= 0.6 is 0 Å². The molecule has 1 amide bonds. The zero-order chi connectivity index (χ0) is 11.5. The van der Waals surface area contributed by atoms with Gasteiger partial charge in [0.1, 0.15) is 0 Å². The van der Waals surface area contributed by atoms with Crippen molar-refractivity contribution in [2.75, 3.05) is 13.1 Å². The van der Waals surface area contributed by atoms with Crippen molar-refractivity contribution in [1.29, 1.82) is 0 Å². The van der Waals surface area contributed by atoms with Crippen molar-refractivity contribution in [2.24, 2.45) is 17.6 Å². The number of nitrogens with two attached hydrogens (primary N) is 1. The van der Waals surface area contributed by atoms with Crippen molar-refractivity contribution in [3.05, 3.63) is 0 Å². The van der Waals surface area contributed by atoms with Crippen LogP contribution in [0.15, 0.2) is 0 Å². The van der Waals surface area contributed by atoms with E-state index in [9.17, 15) is 4.79 Å². The van der Waals surface area contributed by atoms with Crippen LogP contribution in [0.2, 0.25) is 0 Å². The summed E-state index contributed by atoms with van der Waals surface area (Å²) in [6.45, 7) is 3.82. The summed E-state index contributed by atoms with van der Waals surface area (Å²) in [5.74, 6) is 1.42. The number of hydrogen-bond acceptors (Lipinski definition) is 2. The van der Waals surface area contributed by atoms with Gasteiger partial charge in [-0.15, -0.1) is 0 Å². The Labute approximate surface area is 98.4 Å². The summed E-state index contributed by atoms with van der Waals surface area (Å²) in [7, 11) is 0. The third-order valence-electron chi connectivity index (χ3n) is 4.24. The highest BCUT2D eigenvalue weighted by Crippen LogP contribution is 2.30. The van der Waals surface area contributed by atoms with Crippen molar-refractivity contribution in [3.63, 3.8) is 0 Å². The summed E-state index contributed by atoms with van der Waals surface area (Å²) in [6, 6.07) is 0.303. The van der Waals surface area contributed by atoms with Gasteiger partial charge >= 0.3 is 0 Å². The molecule has 0 radical (unpaired) electrons. The SMILES string of the molecule is CC1CCN(C(=O)C2CCCC2)C(CN)C1. The molecule has 0 aromatic rings. The van der Waals surface area contributed by atoms with Gasteiger partial charge in [0.05, 0.1) is 0 Å². The lowest BCUT2D eigenvalue weighted by atomic mass is 9.91. The van der Waals surface area contributed by atoms with Crippen molar-refractivity contribution in [2.45, 2.75) is 51.5 Å². The van der Waals surface area contributed by atoms with Gasteiger partial charge in [0, 0.05) is 25.0 Å². The van der Waals surface area contributed by atoms with E-state index < -0.39 is 0 Å². The number of piperidine rings is 1. The molecular formula is C13H24N2O. The van der Waals surface area contributed by atoms with E-state index in [0.29, 0.717) is 24.4 Å². The van der Waals surface area contributed by atoms with Crippen LogP contribution in [0.3, 0.4) is 0 Å². The molecule has 16 heavy (non-hydrogen) atoms. The largest absolute Gasteiger partial charge is 0.338 e. The molecule has 2 rings (SSSR count). The molecule has 2 fully saturated rings. The Bertz CT molecular complexity index is 248. The Morgan fingerprint density at radius 2 is 2.00 bits per heavy atom. The van der Waals surface area contributed by atoms with Gasteiger partial charge in [0.2, 0.25) is 5.91 Å². The van der Waals surface area contributed by atoms with E-state index in [1.807, 2.05) is 0 Å². The minimum absolute atomic E-state index is 0.303. The summed E-state index contributed by atoms with van der Waals surface area (Å²) in [5, 5.41) is 0. The number of hydrogen-bond donors (Lipinski definition) is 1. The Morgan fingerprint density at radius 3 is 2.62 bits per heavy atom.